The van der Waals surface area contributed by atoms with Crippen molar-refractivity contribution in [2.75, 3.05) is 13.7 Å². The van der Waals surface area contributed by atoms with Crippen LogP contribution in [-0.4, -0.2) is 66.2 Å². The van der Waals surface area contributed by atoms with Crippen LogP contribution < -0.4 is 0 Å². The van der Waals surface area contributed by atoms with E-state index >= 15 is 0 Å². The van der Waals surface area contributed by atoms with Crippen molar-refractivity contribution < 1.29 is 34.0 Å². The summed E-state index contributed by atoms with van der Waals surface area (Å²) in [6.07, 6.45) is 10.2. The average molecular weight is 519 g/mol. The number of ether oxygens (including phenoxy) is 4. The van der Waals surface area contributed by atoms with E-state index < -0.39 is 11.7 Å². The normalized spacial score (nSPS) is 53.6. The zero-order valence-electron chi connectivity index (χ0n) is 23.0. The first-order chi connectivity index (χ1) is 17.6. The molecule has 0 aromatic carbocycles. The standard InChI is InChI=1S/C30H46O7/c1-17-27(32)24(34-4)15-26(36-17)37-20-7-10-28(2)19(14-20)5-6-23-22(28)8-11-29(3)21(9-12-30(23,29)33)18-13-25(31)35-16-18/h13,17,19-24,26-27,32-33H,5-12,14-16H2,1-4H3/t17-,19+,20+,21+,22+,23-,24-,26+,27-,28+,29-,30+/m1/s1. The summed E-state index contributed by atoms with van der Waals surface area (Å²) in [5.74, 6) is 1.45. The van der Waals surface area contributed by atoms with Crippen LogP contribution in [0.1, 0.15) is 85.0 Å². The highest BCUT2D eigenvalue weighted by atomic mass is 16.7. The number of aliphatic hydroxyl groups is 2. The van der Waals surface area contributed by atoms with E-state index in [1.165, 1.54) is 0 Å². The van der Waals surface area contributed by atoms with Crippen molar-refractivity contribution in [2.24, 2.45) is 34.5 Å². The van der Waals surface area contributed by atoms with Crippen LogP contribution in [0.3, 0.4) is 0 Å². The van der Waals surface area contributed by atoms with Gasteiger partial charge in [-0.3, -0.25) is 0 Å². The topological polar surface area (TPSA) is 94.5 Å². The summed E-state index contributed by atoms with van der Waals surface area (Å²) in [7, 11) is 1.64. The van der Waals surface area contributed by atoms with Gasteiger partial charge in [-0.25, -0.2) is 4.79 Å². The molecule has 6 rings (SSSR count). The molecule has 2 aliphatic heterocycles. The molecule has 7 nitrogen and oxygen atoms in total. The lowest BCUT2D eigenvalue weighted by Gasteiger charge is -2.64. The number of cyclic esters (lactones) is 1. The van der Waals surface area contributed by atoms with Gasteiger partial charge in [-0.15, -0.1) is 0 Å². The Kier molecular flexibility index (Phi) is 6.59. The lowest BCUT2D eigenvalue weighted by atomic mass is 9.43. The molecule has 0 aromatic heterocycles. The number of aliphatic hydroxyl groups excluding tert-OH is 1. The van der Waals surface area contributed by atoms with Crippen molar-refractivity contribution in [3.63, 3.8) is 0 Å². The molecule has 4 saturated carbocycles. The van der Waals surface area contributed by atoms with Gasteiger partial charge < -0.3 is 29.2 Å². The first-order valence-electron chi connectivity index (χ1n) is 14.7. The Morgan fingerprint density at radius 1 is 1.03 bits per heavy atom. The number of carbonyl (C=O) groups is 1. The molecule has 0 spiro atoms. The predicted molar refractivity (Wildman–Crippen MR) is 136 cm³/mol. The molecule has 6 aliphatic rings. The summed E-state index contributed by atoms with van der Waals surface area (Å²) in [5.41, 5.74) is 0.461. The molecule has 12 atom stereocenters. The molecule has 7 heteroatoms. The number of hydrogen-bond donors (Lipinski definition) is 2. The molecule has 4 aliphatic carbocycles. The van der Waals surface area contributed by atoms with E-state index in [0.717, 1.165) is 63.4 Å². The maximum absolute atomic E-state index is 12.4. The number of fused-ring (bicyclic) bond motifs is 5. The van der Waals surface area contributed by atoms with Crippen LogP contribution in [0.5, 0.6) is 0 Å². The van der Waals surface area contributed by atoms with E-state index in [9.17, 15) is 15.0 Å². The molecule has 1 saturated heterocycles. The number of hydrogen-bond acceptors (Lipinski definition) is 7. The van der Waals surface area contributed by atoms with Crippen molar-refractivity contribution in [3.05, 3.63) is 11.6 Å². The second-order valence-electron chi connectivity index (χ2n) is 13.6. The monoisotopic (exact) mass is 518 g/mol. The Morgan fingerprint density at radius 2 is 1.84 bits per heavy atom. The molecule has 2 heterocycles. The highest BCUT2D eigenvalue weighted by Crippen LogP contribution is 2.70. The Hall–Kier alpha value is -0.990. The van der Waals surface area contributed by atoms with Crippen molar-refractivity contribution in [1.82, 2.24) is 0 Å². The van der Waals surface area contributed by atoms with Gasteiger partial charge in [0.05, 0.1) is 23.9 Å². The van der Waals surface area contributed by atoms with Gasteiger partial charge in [0, 0.05) is 25.0 Å². The van der Waals surface area contributed by atoms with Crippen LogP contribution >= 0.6 is 0 Å². The molecule has 0 aromatic rings. The first-order valence-corrected chi connectivity index (χ1v) is 14.7. The molecular formula is C30H46O7. The summed E-state index contributed by atoms with van der Waals surface area (Å²) < 4.78 is 23.2. The third-order valence-electron chi connectivity index (χ3n) is 12.2. The summed E-state index contributed by atoms with van der Waals surface area (Å²) in [6.45, 7) is 7.07. The fourth-order valence-corrected chi connectivity index (χ4v) is 10.0. The van der Waals surface area contributed by atoms with Crippen LogP contribution in [0.4, 0.5) is 0 Å². The minimum absolute atomic E-state index is 0.166. The smallest absolute Gasteiger partial charge is 0.331 e. The van der Waals surface area contributed by atoms with Gasteiger partial charge in [-0.2, -0.15) is 0 Å². The molecule has 0 bridgehead atoms. The van der Waals surface area contributed by atoms with E-state index in [4.69, 9.17) is 18.9 Å². The van der Waals surface area contributed by atoms with E-state index in [1.807, 2.05) is 6.92 Å². The highest BCUT2D eigenvalue weighted by molar-refractivity contribution is 5.85. The fraction of sp³-hybridized carbons (Fsp3) is 0.900. The SMILES string of the molecule is CO[C@@H]1C[C@H](O[C@H]2CC[C@@]3(C)[C@@H](CC[C@@H]4[C@@H]3CC[C@]3(C)[C@H](C5=CC(=O)OC5)CC[C@]43O)C2)O[C@H](C)[C@H]1O. The van der Waals surface area contributed by atoms with Gasteiger partial charge in [-0.1, -0.05) is 13.8 Å². The molecule has 5 fully saturated rings. The summed E-state index contributed by atoms with van der Waals surface area (Å²) in [5, 5.41) is 22.7. The van der Waals surface area contributed by atoms with Crippen molar-refractivity contribution in [2.45, 2.75) is 121 Å². The lowest BCUT2D eigenvalue weighted by molar-refractivity contribution is -0.273. The molecular weight excluding hydrogens is 472 g/mol. The second kappa shape index (κ2) is 9.29. The van der Waals surface area contributed by atoms with Crippen LogP contribution in [-0.2, 0) is 23.7 Å². The maximum atomic E-state index is 12.4. The maximum Gasteiger partial charge on any atom is 0.331 e. The highest BCUT2D eigenvalue weighted by Gasteiger charge is 2.67. The quantitative estimate of drug-likeness (QED) is 0.427. The van der Waals surface area contributed by atoms with Crippen molar-refractivity contribution in [1.29, 1.82) is 0 Å². The minimum atomic E-state index is -0.670. The Balaban J connectivity index is 1.15. The molecule has 0 unspecified atom stereocenters. The third-order valence-corrected chi connectivity index (χ3v) is 12.2. The number of rotatable bonds is 4. The van der Waals surface area contributed by atoms with Gasteiger partial charge in [0.2, 0.25) is 0 Å². The predicted octanol–water partition coefficient (Wildman–Crippen LogP) is 4.14. The van der Waals surface area contributed by atoms with Crippen molar-refractivity contribution >= 4 is 5.97 Å². The zero-order chi connectivity index (χ0) is 26.2. The van der Waals surface area contributed by atoms with Gasteiger partial charge >= 0.3 is 5.97 Å². The van der Waals surface area contributed by atoms with Crippen LogP contribution in [0.2, 0.25) is 0 Å². The average Bonchev–Trinajstić information content (AvgIpc) is 3.41. The van der Waals surface area contributed by atoms with Crippen molar-refractivity contribution in [3.8, 4) is 0 Å². The van der Waals surface area contributed by atoms with E-state index in [0.29, 0.717) is 30.8 Å². The lowest BCUT2D eigenvalue weighted by Crippen LogP contribution is -2.62. The molecule has 0 radical (unpaired) electrons. The number of methoxy groups -OCH3 is 1. The summed E-state index contributed by atoms with van der Waals surface area (Å²) in [6, 6.07) is 0. The minimum Gasteiger partial charge on any atom is -0.458 e. The van der Waals surface area contributed by atoms with Crippen LogP contribution in [0, 0.1) is 34.5 Å². The largest absolute Gasteiger partial charge is 0.458 e. The second-order valence-corrected chi connectivity index (χ2v) is 13.6. The van der Waals surface area contributed by atoms with Gasteiger partial charge in [0.1, 0.15) is 12.7 Å². The Morgan fingerprint density at radius 3 is 2.57 bits per heavy atom. The first kappa shape index (κ1) is 26.2. The molecule has 2 N–H and O–H groups in total. The van der Waals surface area contributed by atoms with Gasteiger partial charge in [-0.05, 0) is 99.4 Å². The summed E-state index contributed by atoms with van der Waals surface area (Å²) in [4.78, 5) is 11.8. The third kappa shape index (κ3) is 3.97. The van der Waals surface area contributed by atoms with E-state index in [-0.39, 0.29) is 47.3 Å². The van der Waals surface area contributed by atoms with Crippen LogP contribution in [0.25, 0.3) is 0 Å². The Labute approximate surface area is 221 Å². The van der Waals surface area contributed by atoms with E-state index in [2.05, 4.69) is 13.8 Å². The van der Waals surface area contributed by atoms with E-state index in [1.54, 1.807) is 13.2 Å². The Bertz CT molecular complexity index is 935. The van der Waals surface area contributed by atoms with Gasteiger partial charge in [0.15, 0.2) is 6.29 Å². The fourth-order valence-electron chi connectivity index (χ4n) is 10.0. The number of carbonyl (C=O) groups excluding carboxylic acids is 1. The zero-order valence-corrected chi connectivity index (χ0v) is 23.0. The molecule has 208 valence electrons. The summed E-state index contributed by atoms with van der Waals surface area (Å²) >= 11 is 0. The van der Waals surface area contributed by atoms with Gasteiger partial charge in [0.25, 0.3) is 0 Å². The molecule has 0 amide bonds. The number of esters is 1. The van der Waals surface area contributed by atoms with Crippen LogP contribution in [0.15, 0.2) is 11.6 Å². The molecule has 37 heavy (non-hydrogen) atoms.